The van der Waals surface area contributed by atoms with E-state index in [1.54, 1.807) is 7.11 Å². The zero-order chi connectivity index (χ0) is 12.3. The Morgan fingerprint density at radius 2 is 2.28 bits per heavy atom. The first-order valence-corrected chi connectivity index (χ1v) is 5.90. The van der Waals surface area contributed by atoms with Crippen LogP contribution in [-0.2, 0) is 6.54 Å². The molecule has 2 rings (SSSR count). The number of guanidine groups is 1. The number of rotatable bonds is 3. The van der Waals surface area contributed by atoms with Gasteiger partial charge in [-0.25, -0.2) is 0 Å². The lowest BCUT2D eigenvalue weighted by molar-refractivity contribution is 0.415. The van der Waals surface area contributed by atoms with Gasteiger partial charge in [0, 0.05) is 20.1 Å². The van der Waals surface area contributed by atoms with Crippen LogP contribution in [-0.4, -0.2) is 38.1 Å². The molecule has 0 radical (unpaired) electrons. The smallest absolute Gasteiger partial charge is 0.194 e. The van der Waals surface area contributed by atoms with Crippen molar-refractivity contribution in [3.05, 3.63) is 28.8 Å². The number of ether oxygens (including phenoxy) is 1. The van der Waals surface area contributed by atoms with Crippen LogP contribution in [0.25, 0.3) is 0 Å². The highest BCUT2D eigenvalue weighted by Crippen LogP contribution is 2.24. The number of likely N-dealkylation sites (N-methyl/N-ethyl adjacent to an activating group) is 1. The number of hydrogen-bond acceptors (Lipinski definition) is 4. The van der Waals surface area contributed by atoms with Crippen molar-refractivity contribution in [3.8, 4) is 5.75 Å². The molecule has 0 unspecified atom stereocenters. The van der Waals surface area contributed by atoms with Crippen molar-refractivity contribution in [3.63, 3.8) is 0 Å². The van der Waals surface area contributed by atoms with Crippen molar-refractivity contribution >= 4 is 41.5 Å². The van der Waals surface area contributed by atoms with E-state index in [9.17, 15) is 0 Å². The summed E-state index contributed by atoms with van der Waals surface area (Å²) >= 11 is 6.06. The van der Waals surface area contributed by atoms with Gasteiger partial charge in [0.05, 0.1) is 18.7 Å². The summed E-state index contributed by atoms with van der Waals surface area (Å²) in [7, 11) is 3.64. The minimum absolute atomic E-state index is 0. The van der Waals surface area contributed by atoms with E-state index in [1.165, 1.54) is 0 Å². The second kappa shape index (κ2) is 7.04. The Hall–Kier alpha value is -0.690. The van der Waals surface area contributed by atoms with Gasteiger partial charge in [-0.15, -0.1) is 24.0 Å². The Bertz CT molecular complexity index is 439. The van der Waals surface area contributed by atoms with Crippen LogP contribution in [0.15, 0.2) is 23.2 Å². The van der Waals surface area contributed by atoms with Gasteiger partial charge >= 0.3 is 0 Å². The number of halogens is 2. The molecule has 1 heterocycles. The lowest BCUT2D eigenvalue weighted by Gasteiger charge is -2.15. The van der Waals surface area contributed by atoms with Crippen molar-refractivity contribution < 1.29 is 4.74 Å². The highest BCUT2D eigenvalue weighted by Gasteiger charge is 2.11. The standard InChI is InChI=1S/C12H16ClN3O.HI/c1-16-6-5-14-12(16)15-8-9-3-4-11(17-2)10(13)7-9;/h3-4,7H,5-6,8H2,1-2H3,(H,14,15);1H. The second-order valence-electron chi connectivity index (χ2n) is 3.95. The Balaban J connectivity index is 0.00000162. The summed E-state index contributed by atoms with van der Waals surface area (Å²) in [6.07, 6.45) is 0. The summed E-state index contributed by atoms with van der Waals surface area (Å²) in [5, 5.41) is 3.92. The first-order valence-electron chi connectivity index (χ1n) is 5.52. The molecular weight excluding hydrogens is 365 g/mol. The summed E-state index contributed by atoms with van der Waals surface area (Å²) in [5.74, 6) is 1.64. The molecule has 1 N–H and O–H groups in total. The first-order chi connectivity index (χ1) is 8.20. The molecule has 1 aromatic carbocycles. The van der Waals surface area contributed by atoms with Gasteiger partial charge in [-0.3, -0.25) is 4.99 Å². The zero-order valence-corrected chi connectivity index (χ0v) is 13.5. The normalized spacial score (nSPS) is 13.9. The Morgan fingerprint density at radius 1 is 1.50 bits per heavy atom. The van der Waals surface area contributed by atoms with Crippen molar-refractivity contribution in [2.45, 2.75) is 6.54 Å². The summed E-state index contributed by atoms with van der Waals surface area (Å²) in [5.41, 5.74) is 1.11. The van der Waals surface area contributed by atoms with E-state index >= 15 is 0 Å². The fourth-order valence-corrected chi connectivity index (χ4v) is 2.00. The Labute approximate surface area is 129 Å². The van der Waals surface area contributed by atoms with Crippen molar-refractivity contribution in [2.75, 3.05) is 27.2 Å². The van der Waals surface area contributed by atoms with E-state index in [2.05, 4.69) is 15.2 Å². The molecule has 0 atom stereocenters. The molecule has 1 aliphatic heterocycles. The molecule has 0 saturated carbocycles. The van der Waals surface area contributed by atoms with Crippen molar-refractivity contribution in [1.29, 1.82) is 0 Å². The van der Waals surface area contributed by atoms with Gasteiger partial charge in [0.2, 0.25) is 0 Å². The van der Waals surface area contributed by atoms with Gasteiger partial charge in [-0.1, -0.05) is 17.7 Å². The zero-order valence-electron chi connectivity index (χ0n) is 10.4. The Morgan fingerprint density at radius 3 is 2.83 bits per heavy atom. The molecule has 1 aliphatic rings. The average Bonchev–Trinajstić information content (AvgIpc) is 2.72. The first kappa shape index (κ1) is 15.4. The number of methoxy groups -OCH3 is 1. The van der Waals surface area contributed by atoms with Crippen LogP contribution in [0.4, 0.5) is 0 Å². The van der Waals surface area contributed by atoms with Gasteiger partial charge in [-0.2, -0.15) is 0 Å². The molecular formula is C12H17ClIN3O. The van der Waals surface area contributed by atoms with Gasteiger partial charge in [-0.05, 0) is 17.7 Å². The monoisotopic (exact) mass is 381 g/mol. The highest BCUT2D eigenvalue weighted by atomic mass is 127. The van der Waals surface area contributed by atoms with Gasteiger partial charge < -0.3 is 15.0 Å². The average molecular weight is 382 g/mol. The molecule has 18 heavy (non-hydrogen) atoms. The van der Waals surface area contributed by atoms with Crippen molar-refractivity contribution in [2.24, 2.45) is 4.99 Å². The lowest BCUT2D eigenvalue weighted by atomic mass is 10.2. The number of hydrogen-bond donors (Lipinski definition) is 1. The molecule has 0 spiro atoms. The Kier molecular flexibility index (Phi) is 6.01. The molecule has 6 heteroatoms. The van der Waals surface area contributed by atoms with E-state index in [1.807, 2.05) is 25.2 Å². The van der Waals surface area contributed by atoms with Crippen LogP contribution >= 0.6 is 35.6 Å². The molecule has 0 fully saturated rings. The maximum absolute atomic E-state index is 6.06. The third-order valence-corrected chi connectivity index (χ3v) is 3.02. The van der Waals surface area contributed by atoms with Crippen LogP contribution in [0.3, 0.4) is 0 Å². The van der Waals surface area contributed by atoms with E-state index in [0.29, 0.717) is 17.3 Å². The molecule has 0 saturated heterocycles. The van der Waals surface area contributed by atoms with Crippen LogP contribution in [0.5, 0.6) is 5.75 Å². The highest BCUT2D eigenvalue weighted by molar-refractivity contribution is 14.0. The third kappa shape index (κ3) is 3.65. The van der Waals surface area contributed by atoms with Crippen molar-refractivity contribution in [1.82, 2.24) is 10.2 Å². The van der Waals surface area contributed by atoms with Crippen LogP contribution in [0.1, 0.15) is 5.56 Å². The minimum Gasteiger partial charge on any atom is -0.495 e. The quantitative estimate of drug-likeness (QED) is 0.817. The molecule has 1 aromatic rings. The number of nitrogens with zero attached hydrogens (tertiary/aromatic N) is 2. The molecule has 100 valence electrons. The number of aliphatic imine (C=N–C) groups is 1. The fourth-order valence-electron chi connectivity index (χ4n) is 1.72. The number of benzene rings is 1. The predicted molar refractivity (Wildman–Crippen MR) is 85.2 cm³/mol. The molecule has 4 nitrogen and oxygen atoms in total. The largest absolute Gasteiger partial charge is 0.495 e. The molecule has 0 aromatic heterocycles. The third-order valence-electron chi connectivity index (χ3n) is 2.73. The molecule has 0 amide bonds. The minimum atomic E-state index is 0. The summed E-state index contributed by atoms with van der Waals surface area (Å²) in [6.45, 7) is 2.56. The lowest BCUT2D eigenvalue weighted by Crippen LogP contribution is -2.35. The maximum Gasteiger partial charge on any atom is 0.194 e. The van der Waals surface area contributed by atoms with Gasteiger partial charge in [0.25, 0.3) is 0 Å². The van der Waals surface area contributed by atoms with Gasteiger partial charge in [0.1, 0.15) is 5.75 Å². The van der Waals surface area contributed by atoms with E-state index in [0.717, 1.165) is 24.6 Å². The fraction of sp³-hybridized carbons (Fsp3) is 0.417. The van der Waals surface area contributed by atoms with E-state index in [-0.39, 0.29) is 24.0 Å². The molecule has 0 bridgehead atoms. The van der Waals surface area contributed by atoms with Crippen LogP contribution in [0.2, 0.25) is 5.02 Å². The predicted octanol–water partition coefficient (Wildman–Crippen LogP) is 2.36. The van der Waals surface area contributed by atoms with Gasteiger partial charge in [0.15, 0.2) is 5.96 Å². The summed E-state index contributed by atoms with van der Waals surface area (Å²) in [6, 6.07) is 5.77. The SMILES string of the molecule is COc1ccc(CNC2=NCCN2C)cc1Cl.I. The topological polar surface area (TPSA) is 36.9 Å². The summed E-state index contributed by atoms with van der Waals surface area (Å²) < 4.78 is 5.11. The maximum atomic E-state index is 6.06. The van der Waals surface area contributed by atoms with E-state index in [4.69, 9.17) is 16.3 Å². The van der Waals surface area contributed by atoms with Crippen LogP contribution in [0, 0.1) is 0 Å². The number of nitrogens with one attached hydrogen (secondary N) is 1. The van der Waals surface area contributed by atoms with E-state index < -0.39 is 0 Å². The second-order valence-corrected chi connectivity index (χ2v) is 4.36. The van der Waals surface area contributed by atoms with Crippen LogP contribution < -0.4 is 10.1 Å². The summed E-state index contributed by atoms with van der Waals surface area (Å²) in [4.78, 5) is 6.46. The molecule has 0 aliphatic carbocycles.